The van der Waals surface area contributed by atoms with Gasteiger partial charge in [0.2, 0.25) is 0 Å². The van der Waals surface area contributed by atoms with Crippen LogP contribution in [0, 0.1) is 19.7 Å². The Labute approximate surface area is 131 Å². The van der Waals surface area contributed by atoms with E-state index in [0.717, 1.165) is 10.5 Å². The molecule has 0 aromatic heterocycles. The summed E-state index contributed by atoms with van der Waals surface area (Å²) in [6, 6.07) is 7.81. The Morgan fingerprint density at radius 3 is 2.33 bits per heavy atom. The Morgan fingerprint density at radius 1 is 1.19 bits per heavy atom. The third kappa shape index (κ3) is 3.19. The lowest BCUT2D eigenvalue weighted by Gasteiger charge is -2.15. The van der Waals surface area contributed by atoms with E-state index in [0.29, 0.717) is 11.3 Å². The summed E-state index contributed by atoms with van der Waals surface area (Å²) in [4.78, 5) is 0.00400. The van der Waals surface area contributed by atoms with Crippen molar-refractivity contribution in [2.45, 2.75) is 18.7 Å². The first-order valence-corrected chi connectivity index (χ1v) is 8.33. The van der Waals surface area contributed by atoms with Gasteiger partial charge in [0.1, 0.15) is 5.82 Å². The maximum atomic E-state index is 13.5. The largest absolute Gasteiger partial charge is 0.396 e. The molecule has 0 atom stereocenters. The maximum Gasteiger partial charge on any atom is 0.262 e. The van der Waals surface area contributed by atoms with Crippen LogP contribution in [0.5, 0.6) is 0 Å². The fourth-order valence-corrected chi connectivity index (χ4v) is 3.88. The molecule has 0 unspecified atom stereocenters. The highest BCUT2D eigenvalue weighted by molar-refractivity contribution is 9.10. The average molecular weight is 373 g/mol. The number of benzene rings is 2. The van der Waals surface area contributed by atoms with Gasteiger partial charge in [-0.15, -0.1) is 0 Å². The predicted octanol–water partition coefficient (Wildman–Crippen LogP) is 3.59. The number of hydrogen-bond acceptors (Lipinski definition) is 3. The van der Waals surface area contributed by atoms with Crippen molar-refractivity contribution in [3.63, 3.8) is 0 Å². The predicted molar refractivity (Wildman–Crippen MR) is 85.2 cm³/mol. The summed E-state index contributed by atoms with van der Waals surface area (Å²) >= 11 is 3.28. The lowest BCUT2D eigenvalue weighted by atomic mass is 10.1. The van der Waals surface area contributed by atoms with Crippen LogP contribution >= 0.6 is 15.9 Å². The Morgan fingerprint density at radius 2 is 1.76 bits per heavy atom. The van der Waals surface area contributed by atoms with Gasteiger partial charge in [-0.05, 0) is 55.3 Å². The van der Waals surface area contributed by atoms with Crippen LogP contribution in [0.15, 0.2) is 39.7 Å². The van der Waals surface area contributed by atoms with Gasteiger partial charge in [-0.3, -0.25) is 4.72 Å². The Balaban J connectivity index is 2.50. The van der Waals surface area contributed by atoms with Gasteiger partial charge in [-0.25, -0.2) is 12.8 Å². The summed E-state index contributed by atoms with van der Waals surface area (Å²) < 4.78 is 41.8. The molecule has 2 rings (SSSR count). The van der Waals surface area contributed by atoms with Crippen LogP contribution in [0.4, 0.5) is 15.8 Å². The second kappa shape index (κ2) is 5.65. The first kappa shape index (κ1) is 15.8. The summed E-state index contributed by atoms with van der Waals surface area (Å²) in [7, 11) is -3.84. The van der Waals surface area contributed by atoms with E-state index in [1.807, 2.05) is 0 Å². The average Bonchev–Trinajstić information content (AvgIpc) is 2.38. The number of sulfonamides is 1. The molecule has 0 bridgehead atoms. The van der Waals surface area contributed by atoms with Crippen molar-refractivity contribution in [2.24, 2.45) is 0 Å². The Hall–Kier alpha value is -1.60. The van der Waals surface area contributed by atoms with E-state index >= 15 is 0 Å². The van der Waals surface area contributed by atoms with Crippen LogP contribution in [-0.4, -0.2) is 8.42 Å². The lowest BCUT2D eigenvalue weighted by molar-refractivity contribution is 0.598. The quantitative estimate of drug-likeness (QED) is 0.808. The molecule has 0 aliphatic rings. The molecule has 0 fully saturated rings. The highest BCUT2D eigenvalue weighted by Crippen LogP contribution is 2.29. The van der Waals surface area contributed by atoms with Crippen molar-refractivity contribution in [1.29, 1.82) is 0 Å². The molecule has 0 saturated heterocycles. The normalized spacial score (nSPS) is 11.4. The molecule has 0 radical (unpaired) electrons. The minimum Gasteiger partial charge on any atom is -0.396 e. The summed E-state index contributed by atoms with van der Waals surface area (Å²) in [5, 5.41) is 0. The van der Waals surface area contributed by atoms with Crippen LogP contribution in [-0.2, 0) is 10.0 Å². The number of nitrogens with two attached hydrogens (primary N) is 1. The van der Waals surface area contributed by atoms with E-state index in [2.05, 4.69) is 20.7 Å². The molecule has 3 N–H and O–H groups in total. The van der Waals surface area contributed by atoms with Crippen molar-refractivity contribution in [1.82, 2.24) is 0 Å². The van der Waals surface area contributed by atoms with Gasteiger partial charge < -0.3 is 5.73 Å². The van der Waals surface area contributed by atoms with Crippen LogP contribution in [0.1, 0.15) is 11.1 Å². The molecule has 21 heavy (non-hydrogen) atoms. The number of anilines is 2. The third-order valence-electron chi connectivity index (χ3n) is 3.07. The molecule has 7 heteroatoms. The van der Waals surface area contributed by atoms with E-state index in [-0.39, 0.29) is 16.1 Å². The molecule has 4 nitrogen and oxygen atoms in total. The van der Waals surface area contributed by atoms with Crippen LogP contribution in [0.3, 0.4) is 0 Å². The molecule has 0 spiro atoms. The fraction of sp³-hybridized carbons (Fsp3) is 0.143. The first-order chi connectivity index (χ1) is 9.72. The SMILES string of the molecule is Cc1cc(F)c(N)c(C)c1S(=O)(=O)Nc1ccc(Br)cc1. The number of hydrogen-bond donors (Lipinski definition) is 2. The van der Waals surface area contributed by atoms with E-state index in [1.54, 1.807) is 24.3 Å². The second-order valence-corrected chi connectivity index (χ2v) is 7.19. The summed E-state index contributed by atoms with van der Waals surface area (Å²) in [6.45, 7) is 3.02. The topological polar surface area (TPSA) is 72.2 Å². The highest BCUT2D eigenvalue weighted by atomic mass is 79.9. The summed E-state index contributed by atoms with van der Waals surface area (Å²) in [5.41, 5.74) is 6.36. The van der Waals surface area contributed by atoms with Crippen molar-refractivity contribution in [3.05, 3.63) is 51.7 Å². The fourth-order valence-electron chi connectivity index (χ4n) is 2.07. The zero-order valence-electron chi connectivity index (χ0n) is 11.4. The van der Waals surface area contributed by atoms with Crippen LogP contribution in [0.25, 0.3) is 0 Å². The standard InChI is InChI=1S/C14H14BrFN2O2S/c1-8-7-12(16)13(17)9(2)14(8)21(19,20)18-11-5-3-10(15)4-6-11/h3-7,18H,17H2,1-2H3. The molecule has 0 aliphatic carbocycles. The molecule has 0 heterocycles. The number of rotatable bonds is 3. The molecular formula is C14H14BrFN2O2S. The van der Waals surface area contributed by atoms with Gasteiger partial charge in [0.15, 0.2) is 0 Å². The Bertz CT molecular complexity index is 790. The molecule has 0 saturated carbocycles. The minimum absolute atomic E-state index is 0.00400. The zero-order chi connectivity index (χ0) is 15.8. The number of halogens is 2. The molecular weight excluding hydrogens is 359 g/mol. The van der Waals surface area contributed by atoms with Gasteiger partial charge >= 0.3 is 0 Å². The highest BCUT2D eigenvalue weighted by Gasteiger charge is 2.23. The monoisotopic (exact) mass is 372 g/mol. The van der Waals surface area contributed by atoms with E-state index in [1.165, 1.54) is 13.8 Å². The smallest absolute Gasteiger partial charge is 0.262 e. The van der Waals surface area contributed by atoms with Crippen molar-refractivity contribution >= 4 is 37.3 Å². The van der Waals surface area contributed by atoms with Crippen molar-refractivity contribution in [2.75, 3.05) is 10.5 Å². The molecule has 2 aromatic carbocycles. The van der Waals surface area contributed by atoms with Gasteiger partial charge in [-0.2, -0.15) is 0 Å². The first-order valence-electron chi connectivity index (χ1n) is 6.06. The summed E-state index contributed by atoms with van der Waals surface area (Å²) in [5.74, 6) is -0.618. The second-order valence-electron chi connectivity index (χ2n) is 4.66. The van der Waals surface area contributed by atoms with Gasteiger partial charge in [0.25, 0.3) is 10.0 Å². The number of nitrogens with one attached hydrogen (secondary N) is 1. The van der Waals surface area contributed by atoms with Gasteiger partial charge in [0.05, 0.1) is 10.6 Å². The lowest BCUT2D eigenvalue weighted by Crippen LogP contribution is -2.17. The number of aryl methyl sites for hydroxylation is 1. The molecule has 112 valence electrons. The third-order valence-corrected chi connectivity index (χ3v) is 5.27. The van der Waals surface area contributed by atoms with Crippen LogP contribution < -0.4 is 10.5 Å². The van der Waals surface area contributed by atoms with Crippen LogP contribution in [0.2, 0.25) is 0 Å². The minimum atomic E-state index is -3.84. The van der Waals surface area contributed by atoms with E-state index < -0.39 is 15.8 Å². The maximum absolute atomic E-state index is 13.5. The van der Waals surface area contributed by atoms with Gasteiger partial charge in [0, 0.05) is 10.2 Å². The number of nitrogen functional groups attached to an aromatic ring is 1. The van der Waals surface area contributed by atoms with Crippen molar-refractivity contribution < 1.29 is 12.8 Å². The van der Waals surface area contributed by atoms with E-state index in [4.69, 9.17) is 5.73 Å². The van der Waals surface area contributed by atoms with E-state index in [9.17, 15) is 12.8 Å². The molecule has 2 aromatic rings. The Kier molecular flexibility index (Phi) is 4.25. The molecule has 0 amide bonds. The molecule has 0 aliphatic heterocycles. The summed E-state index contributed by atoms with van der Waals surface area (Å²) in [6.07, 6.45) is 0. The van der Waals surface area contributed by atoms with Gasteiger partial charge in [-0.1, -0.05) is 15.9 Å². The van der Waals surface area contributed by atoms with Crippen molar-refractivity contribution in [3.8, 4) is 0 Å². The zero-order valence-corrected chi connectivity index (χ0v) is 13.8.